The molecule has 0 fully saturated rings. The normalized spacial score (nSPS) is 10.2. The Kier molecular flexibility index (Phi) is 4.16. The zero-order valence-corrected chi connectivity index (χ0v) is 11.3. The summed E-state index contributed by atoms with van der Waals surface area (Å²) in [6.07, 6.45) is 0. The maximum absolute atomic E-state index is 10.7. The van der Waals surface area contributed by atoms with Crippen LogP contribution in [0.5, 0.6) is 5.75 Å². The number of thiazole rings is 1. The molecule has 1 heterocycles. The van der Waals surface area contributed by atoms with E-state index in [0.29, 0.717) is 5.69 Å². The first kappa shape index (κ1) is 14.2. The Morgan fingerprint density at radius 1 is 1.55 bits per heavy atom. The summed E-state index contributed by atoms with van der Waals surface area (Å²) in [7, 11) is 0. The van der Waals surface area contributed by atoms with Gasteiger partial charge in [0.1, 0.15) is 12.4 Å². The molecular formula is C11H7ClN2O5S. The third-order valence-electron chi connectivity index (χ3n) is 2.24. The smallest absolute Gasteiger partial charge is 0.365 e. The minimum atomic E-state index is -1.10. The lowest BCUT2D eigenvalue weighted by atomic mass is 10.3. The van der Waals surface area contributed by atoms with E-state index in [1.54, 1.807) is 5.38 Å². The van der Waals surface area contributed by atoms with Gasteiger partial charge in [-0.25, -0.2) is 9.78 Å². The molecule has 0 aliphatic rings. The van der Waals surface area contributed by atoms with E-state index in [1.807, 2.05) is 0 Å². The van der Waals surface area contributed by atoms with Crippen molar-refractivity contribution in [1.29, 1.82) is 0 Å². The Morgan fingerprint density at radius 2 is 2.30 bits per heavy atom. The number of carboxylic acid groups (broad SMARTS) is 1. The van der Waals surface area contributed by atoms with Crippen molar-refractivity contribution in [3.05, 3.63) is 49.4 Å². The van der Waals surface area contributed by atoms with Crippen molar-refractivity contribution in [2.24, 2.45) is 0 Å². The number of nitro groups is 1. The molecular weight excluding hydrogens is 308 g/mol. The van der Waals surface area contributed by atoms with Crippen molar-refractivity contribution in [2.45, 2.75) is 6.61 Å². The van der Waals surface area contributed by atoms with Gasteiger partial charge >= 0.3 is 5.97 Å². The summed E-state index contributed by atoms with van der Waals surface area (Å²) in [6.45, 7) is 0.0291. The number of nitrogens with zero attached hydrogens (tertiary/aromatic N) is 2. The van der Waals surface area contributed by atoms with E-state index in [1.165, 1.54) is 18.2 Å². The highest BCUT2D eigenvalue weighted by atomic mass is 35.5. The fourth-order valence-electron chi connectivity index (χ4n) is 1.34. The number of hydrogen-bond acceptors (Lipinski definition) is 6. The highest BCUT2D eigenvalue weighted by Crippen LogP contribution is 2.29. The van der Waals surface area contributed by atoms with Crippen LogP contribution in [-0.4, -0.2) is 21.0 Å². The van der Waals surface area contributed by atoms with Gasteiger partial charge in [0.2, 0.25) is 5.01 Å². The van der Waals surface area contributed by atoms with Crippen molar-refractivity contribution >= 4 is 34.6 Å². The minimum absolute atomic E-state index is 0.0291. The van der Waals surface area contributed by atoms with Gasteiger partial charge in [-0.1, -0.05) is 11.6 Å². The fourth-order valence-corrected chi connectivity index (χ4v) is 2.21. The van der Waals surface area contributed by atoms with Crippen LogP contribution in [0.4, 0.5) is 5.69 Å². The maximum Gasteiger partial charge on any atom is 0.365 e. The van der Waals surface area contributed by atoms with Crippen molar-refractivity contribution in [3.8, 4) is 5.75 Å². The molecule has 1 aromatic heterocycles. The Labute approximate surface area is 121 Å². The molecule has 1 N–H and O–H groups in total. The molecule has 1 aromatic carbocycles. The summed E-state index contributed by atoms with van der Waals surface area (Å²) in [6, 6.07) is 3.83. The third-order valence-corrected chi connectivity index (χ3v) is 3.41. The number of carboxylic acids is 1. The lowest BCUT2D eigenvalue weighted by molar-refractivity contribution is -0.384. The second kappa shape index (κ2) is 5.85. The number of benzene rings is 1. The van der Waals surface area contributed by atoms with Gasteiger partial charge in [-0.3, -0.25) is 10.1 Å². The van der Waals surface area contributed by atoms with Gasteiger partial charge in [0.15, 0.2) is 0 Å². The van der Waals surface area contributed by atoms with E-state index >= 15 is 0 Å². The molecule has 20 heavy (non-hydrogen) atoms. The largest absolute Gasteiger partial charge is 0.486 e. The quantitative estimate of drug-likeness (QED) is 0.672. The average Bonchev–Trinajstić information content (AvgIpc) is 2.86. The minimum Gasteiger partial charge on any atom is -0.486 e. The van der Waals surface area contributed by atoms with Crippen molar-refractivity contribution in [3.63, 3.8) is 0 Å². The predicted octanol–water partition coefficient (Wildman–Crippen LogP) is 2.98. The van der Waals surface area contributed by atoms with E-state index in [-0.39, 0.29) is 28.1 Å². The number of hydrogen-bond donors (Lipinski definition) is 1. The Balaban J connectivity index is 2.06. The summed E-state index contributed by atoms with van der Waals surface area (Å²) in [4.78, 5) is 24.5. The predicted molar refractivity (Wildman–Crippen MR) is 71.5 cm³/mol. The number of rotatable bonds is 5. The molecule has 2 rings (SSSR count). The zero-order chi connectivity index (χ0) is 14.7. The van der Waals surface area contributed by atoms with Gasteiger partial charge < -0.3 is 9.84 Å². The molecule has 7 nitrogen and oxygen atoms in total. The van der Waals surface area contributed by atoms with Gasteiger partial charge in [0.25, 0.3) is 5.69 Å². The topological polar surface area (TPSA) is 103 Å². The van der Waals surface area contributed by atoms with E-state index in [4.69, 9.17) is 21.4 Å². The van der Waals surface area contributed by atoms with Crippen LogP contribution in [0, 0.1) is 10.1 Å². The molecule has 0 aliphatic heterocycles. The summed E-state index contributed by atoms with van der Waals surface area (Å²) in [5, 5.41) is 20.9. The summed E-state index contributed by atoms with van der Waals surface area (Å²) >= 11 is 6.84. The first-order valence-electron chi connectivity index (χ1n) is 5.22. The number of aromatic carboxylic acids is 1. The van der Waals surface area contributed by atoms with Crippen LogP contribution in [-0.2, 0) is 6.61 Å². The molecule has 9 heteroatoms. The van der Waals surface area contributed by atoms with E-state index in [9.17, 15) is 14.9 Å². The number of aromatic nitrogens is 1. The number of carbonyl (C=O) groups is 1. The maximum atomic E-state index is 10.7. The molecule has 0 unspecified atom stereocenters. The van der Waals surface area contributed by atoms with Crippen LogP contribution in [0.1, 0.15) is 15.5 Å². The summed E-state index contributed by atoms with van der Waals surface area (Å²) in [5.74, 6) is -0.836. The second-order valence-corrected chi connectivity index (χ2v) is 4.87. The van der Waals surface area contributed by atoms with Crippen LogP contribution in [0.15, 0.2) is 23.6 Å². The highest BCUT2D eigenvalue weighted by molar-refractivity contribution is 7.11. The molecule has 104 valence electrons. The number of halogens is 1. The molecule has 0 saturated heterocycles. The SMILES string of the molecule is O=C(O)c1nc(COc2ccc([N+](=O)[O-])cc2Cl)cs1. The molecule has 2 aromatic rings. The van der Waals surface area contributed by atoms with Crippen LogP contribution in [0.25, 0.3) is 0 Å². The molecule has 0 radical (unpaired) electrons. The summed E-state index contributed by atoms with van der Waals surface area (Å²) < 4.78 is 5.35. The average molecular weight is 315 g/mol. The van der Waals surface area contributed by atoms with E-state index < -0.39 is 10.9 Å². The van der Waals surface area contributed by atoms with Gasteiger partial charge in [0, 0.05) is 17.5 Å². The lowest BCUT2D eigenvalue weighted by Gasteiger charge is -2.05. The first-order valence-corrected chi connectivity index (χ1v) is 6.47. The van der Waals surface area contributed by atoms with Crippen LogP contribution in [0.2, 0.25) is 5.02 Å². The fraction of sp³-hybridized carbons (Fsp3) is 0.0909. The molecule has 0 spiro atoms. The first-order chi connectivity index (χ1) is 9.47. The molecule has 0 saturated carbocycles. The number of ether oxygens (including phenoxy) is 1. The number of nitro benzene ring substituents is 1. The lowest BCUT2D eigenvalue weighted by Crippen LogP contribution is -1.99. The monoisotopic (exact) mass is 314 g/mol. The van der Waals surface area contributed by atoms with Crippen LogP contribution >= 0.6 is 22.9 Å². The van der Waals surface area contributed by atoms with Gasteiger partial charge in [-0.05, 0) is 6.07 Å². The van der Waals surface area contributed by atoms with E-state index in [0.717, 1.165) is 11.3 Å². The molecule has 0 atom stereocenters. The summed E-state index contributed by atoms with van der Waals surface area (Å²) in [5.41, 5.74) is 0.311. The zero-order valence-electron chi connectivity index (χ0n) is 9.78. The van der Waals surface area contributed by atoms with Crippen molar-refractivity contribution in [1.82, 2.24) is 4.98 Å². The van der Waals surface area contributed by atoms with Crippen LogP contribution in [0.3, 0.4) is 0 Å². The van der Waals surface area contributed by atoms with Crippen molar-refractivity contribution in [2.75, 3.05) is 0 Å². The van der Waals surface area contributed by atoms with Crippen LogP contribution < -0.4 is 4.74 Å². The van der Waals surface area contributed by atoms with Crippen molar-refractivity contribution < 1.29 is 19.6 Å². The Morgan fingerprint density at radius 3 is 2.85 bits per heavy atom. The Bertz CT molecular complexity index is 673. The molecule has 0 aliphatic carbocycles. The van der Waals surface area contributed by atoms with E-state index in [2.05, 4.69) is 4.98 Å². The second-order valence-electron chi connectivity index (χ2n) is 3.61. The Hall–Kier alpha value is -2.19. The number of non-ortho nitro benzene ring substituents is 1. The molecule has 0 amide bonds. The highest BCUT2D eigenvalue weighted by Gasteiger charge is 2.12. The van der Waals surface area contributed by atoms with Gasteiger partial charge in [0.05, 0.1) is 15.6 Å². The molecule has 0 bridgehead atoms. The third kappa shape index (κ3) is 3.22. The van der Waals surface area contributed by atoms with Gasteiger partial charge in [-0.2, -0.15) is 0 Å². The van der Waals surface area contributed by atoms with Gasteiger partial charge in [-0.15, -0.1) is 11.3 Å². The standard InChI is InChI=1S/C11H7ClN2O5S/c12-8-3-7(14(17)18)1-2-9(8)19-4-6-5-20-10(13-6)11(15)16/h1-3,5H,4H2,(H,15,16).